The summed E-state index contributed by atoms with van der Waals surface area (Å²) in [6.45, 7) is 7.54. The summed E-state index contributed by atoms with van der Waals surface area (Å²) < 4.78 is 31.8. The standard InChI is InChI=1S/C12H21NO4S/c1-5-7-13(6-2)18(15,16)12-10(4)17-9(3)11(12)8-14/h14H,5-8H2,1-4H3. The van der Waals surface area contributed by atoms with Gasteiger partial charge in [0.1, 0.15) is 16.4 Å². The van der Waals surface area contributed by atoms with Gasteiger partial charge >= 0.3 is 0 Å². The Hall–Kier alpha value is -0.850. The first-order valence-corrected chi connectivity index (χ1v) is 7.53. The Kier molecular flexibility index (Phi) is 4.95. The molecule has 1 aromatic heterocycles. The Morgan fingerprint density at radius 1 is 1.22 bits per heavy atom. The van der Waals surface area contributed by atoms with Crippen LogP contribution in [0.3, 0.4) is 0 Å². The largest absolute Gasteiger partial charge is 0.465 e. The average molecular weight is 275 g/mol. The van der Waals surface area contributed by atoms with Gasteiger partial charge in [-0.25, -0.2) is 8.42 Å². The average Bonchev–Trinajstić information content (AvgIpc) is 2.60. The Labute approximate surface area is 108 Å². The van der Waals surface area contributed by atoms with Crippen LogP contribution in [0.4, 0.5) is 0 Å². The van der Waals surface area contributed by atoms with Crippen molar-refractivity contribution in [3.05, 3.63) is 17.1 Å². The summed E-state index contributed by atoms with van der Waals surface area (Å²) in [4.78, 5) is 0.123. The fourth-order valence-corrected chi connectivity index (χ4v) is 4.00. The number of furan rings is 1. The van der Waals surface area contributed by atoms with Gasteiger partial charge in [0.15, 0.2) is 0 Å². The van der Waals surface area contributed by atoms with E-state index in [4.69, 9.17) is 4.42 Å². The van der Waals surface area contributed by atoms with E-state index in [-0.39, 0.29) is 11.5 Å². The highest BCUT2D eigenvalue weighted by Gasteiger charge is 2.30. The normalized spacial score (nSPS) is 12.3. The van der Waals surface area contributed by atoms with Crippen LogP contribution in [0.15, 0.2) is 9.31 Å². The van der Waals surface area contributed by atoms with Crippen LogP contribution in [0.2, 0.25) is 0 Å². The summed E-state index contributed by atoms with van der Waals surface area (Å²) in [5.74, 6) is 0.798. The molecule has 1 N–H and O–H groups in total. The Balaban J connectivity index is 3.35. The topological polar surface area (TPSA) is 70.8 Å². The van der Waals surface area contributed by atoms with Gasteiger partial charge in [-0.3, -0.25) is 0 Å². The molecule has 5 nitrogen and oxygen atoms in total. The van der Waals surface area contributed by atoms with E-state index in [0.29, 0.717) is 30.2 Å². The lowest BCUT2D eigenvalue weighted by Crippen LogP contribution is -2.32. The molecule has 0 aromatic carbocycles. The molecule has 0 unspecified atom stereocenters. The van der Waals surface area contributed by atoms with Crippen molar-refractivity contribution >= 4 is 10.0 Å². The lowest BCUT2D eigenvalue weighted by Gasteiger charge is -2.19. The van der Waals surface area contributed by atoms with E-state index in [2.05, 4.69) is 0 Å². The molecule has 6 heteroatoms. The van der Waals surface area contributed by atoms with Crippen LogP contribution in [0.5, 0.6) is 0 Å². The van der Waals surface area contributed by atoms with Gasteiger partial charge in [-0.2, -0.15) is 4.31 Å². The lowest BCUT2D eigenvalue weighted by molar-refractivity contribution is 0.276. The molecule has 0 bridgehead atoms. The molecule has 0 atom stereocenters. The molecule has 0 aliphatic heterocycles. The quantitative estimate of drug-likeness (QED) is 0.859. The lowest BCUT2D eigenvalue weighted by atomic mass is 10.2. The van der Waals surface area contributed by atoms with Crippen molar-refractivity contribution in [3.8, 4) is 0 Å². The highest BCUT2D eigenvalue weighted by atomic mass is 32.2. The molecule has 0 radical (unpaired) electrons. The highest BCUT2D eigenvalue weighted by molar-refractivity contribution is 7.89. The molecular formula is C12H21NO4S. The third kappa shape index (κ3) is 2.60. The molecule has 0 saturated heterocycles. The molecule has 0 fully saturated rings. The van der Waals surface area contributed by atoms with Crippen molar-refractivity contribution in [1.82, 2.24) is 4.31 Å². The van der Waals surface area contributed by atoms with Gasteiger partial charge in [-0.1, -0.05) is 13.8 Å². The summed E-state index contributed by atoms with van der Waals surface area (Å²) >= 11 is 0. The van der Waals surface area contributed by atoms with Crippen molar-refractivity contribution in [1.29, 1.82) is 0 Å². The Morgan fingerprint density at radius 2 is 1.83 bits per heavy atom. The Bertz CT molecular complexity index is 504. The SMILES string of the molecule is CCCN(CC)S(=O)(=O)c1c(C)oc(C)c1CO. The van der Waals surface area contributed by atoms with Gasteiger partial charge in [0, 0.05) is 18.7 Å². The van der Waals surface area contributed by atoms with E-state index >= 15 is 0 Å². The monoisotopic (exact) mass is 275 g/mol. The third-order valence-electron chi connectivity index (χ3n) is 2.91. The summed E-state index contributed by atoms with van der Waals surface area (Å²) in [6.07, 6.45) is 0.747. The second-order valence-electron chi connectivity index (χ2n) is 4.18. The molecule has 0 amide bonds. The zero-order valence-corrected chi connectivity index (χ0v) is 12.2. The number of aryl methyl sites for hydroxylation is 2. The van der Waals surface area contributed by atoms with Gasteiger partial charge < -0.3 is 9.52 Å². The van der Waals surface area contributed by atoms with Crippen molar-refractivity contribution in [3.63, 3.8) is 0 Å². The molecule has 1 aromatic rings. The molecule has 1 rings (SSSR count). The van der Waals surface area contributed by atoms with E-state index in [9.17, 15) is 13.5 Å². The molecule has 18 heavy (non-hydrogen) atoms. The summed E-state index contributed by atoms with van der Waals surface area (Å²) in [6, 6.07) is 0. The first kappa shape index (κ1) is 15.2. The third-order valence-corrected chi connectivity index (χ3v) is 5.08. The van der Waals surface area contributed by atoms with E-state index in [1.54, 1.807) is 20.8 Å². The maximum atomic E-state index is 12.5. The predicted octanol–water partition coefficient (Wildman–Crippen LogP) is 1.81. The van der Waals surface area contributed by atoms with Crippen molar-refractivity contribution < 1.29 is 17.9 Å². The maximum absolute atomic E-state index is 12.5. The van der Waals surface area contributed by atoms with Crippen LogP contribution in [0.25, 0.3) is 0 Å². The molecule has 1 heterocycles. The van der Waals surface area contributed by atoms with Crippen LogP contribution in [0, 0.1) is 13.8 Å². The van der Waals surface area contributed by atoms with Crippen LogP contribution >= 0.6 is 0 Å². The zero-order chi connectivity index (χ0) is 13.9. The first-order valence-electron chi connectivity index (χ1n) is 6.09. The second-order valence-corrected chi connectivity index (χ2v) is 6.05. The first-order chi connectivity index (χ1) is 8.39. The van der Waals surface area contributed by atoms with Gasteiger partial charge in [-0.05, 0) is 20.3 Å². The number of rotatable bonds is 6. The minimum atomic E-state index is -3.59. The molecule has 0 spiro atoms. The summed E-state index contributed by atoms with van der Waals surface area (Å²) in [5, 5.41) is 9.32. The van der Waals surface area contributed by atoms with Crippen molar-refractivity contribution in [2.24, 2.45) is 0 Å². The minimum absolute atomic E-state index is 0.123. The fraction of sp³-hybridized carbons (Fsp3) is 0.667. The predicted molar refractivity (Wildman–Crippen MR) is 68.8 cm³/mol. The van der Waals surface area contributed by atoms with E-state index < -0.39 is 10.0 Å². The number of nitrogens with zero attached hydrogens (tertiary/aromatic N) is 1. The number of hydrogen-bond acceptors (Lipinski definition) is 4. The fourth-order valence-electron chi connectivity index (χ4n) is 2.06. The van der Waals surface area contributed by atoms with Gasteiger partial charge in [0.25, 0.3) is 0 Å². The molecule has 0 aliphatic carbocycles. The molecule has 104 valence electrons. The van der Waals surface area contributed by atoms with Gasteiger partial charge in [-0.15, -0.1) is 0 Å². The number of hydrogen-bond donors (Lipinski definition) is 1. The highest BCUT2D eigenvalue weighted by Crippen LogP contribution is 2.29. The van der Waals surface area contributed by atoms with Crippen LogP contribution in [-0.2, 0) is 16.6 Å². The number of sulfonamides is 1. The van der Waals surface area contributed by atoms with Crippen LogP contribution in [0.1, 0.15) is 37.4 Å². The van der Waals surface area contributed by atoms with Crippen molar-refractivity contribution in [2.45, 2.75) is 45.6 Å². The summed E-state index contributed by atoms with van der Waals surface area (Å²) in [5.41, 5.74) is 0.363. The molecule has 0 aliphatic rings. The minimum Gasteiger partial charge on any atom is -0.465 e. The zero-order valence-electron chi connectivity index (χ0n) is 11.4. The second kappa shape index (κ2) is 5.86. The number of aliphatic hydroxyl groups is 1. The van der Waals surface area contributed by atoms with Crippen LogP contribution < -0.4 is 0 Å². The van der Waals surface area contributed by atoms with Crippen molar-refractivity contribution in [2.75, 3.05) is 13.1 Å². The molecule has 0 saturated carbocycles. The van der Waals surface area contributed by atoms with Gasteiger partial charge in [0.2, 0.25) is 10.0 Å². The Morgan fingerprint density at radius 3 is 2.28 bits per heavy atom. The summed E-state index contributed by atoms with van der Waals surface area (Å²) in [7, 11) is -3.59. The van der Waals surface area contributed by atoms with Crippen LogP contribution in [-0.4, -0.2) is 30.9 Å². The van der Waals surface area contributed by atoms with E-state index in [1.807, 2.05) is 6.92 Å². The number of aliphatic hydroxyl groups excluding tert-OH is 1. The maximum Gasteiger partial charge on any atom is 0.246 e. The van der Waals surface area contributed by atoms with E-state index in [0.717, 1.165) is 6.42 Å². The van der Waals surface area contributed by atoms with Gasteiger partial charge in [0.05, 0.1) is 6.61 Å². The smallest absolute Gasteiger partial charge is 0.246 e. The van der Waals surface area contributed by atoms with E-state index in [1.165, 1.54) is 4.31 Å². The molecular weight excluding hydrogens is 254 g/mol.